The smallest absolute Gasteiger partial charge is 0.309 e. The van der Waals surface area contributed by atoms with E-state index in [1.807, 2.05) is 137 Å². The first kappa shape index (κ1) is 47.1. The van der Waals surface area contributed by atoms with E-state index in [9.17, 15) is 26.3 Å². The molecular weight excluding hydrogens is 960 g/mol. The molecule has 0 amide bonds. The first-order chi connectivity index (χ1) is 37.4. The summed E-state index contributed by atoms with van der Waals surface area (Å²) in [5, 5.41) is 54.4. The maximum atomic E-state index is 15.1. The van der Waals surface area contributed by atoms with Crippen LogP contribution in [0.4, 0.5) is 13.2 Å². The lowest BCUT2D eigenvalue weighted by Crippen LogP contribution is -2.07. The van der Waals surface area contributed by atoms with E-state index in [1.165, 1.54) is 0 Å². The van der Waals surface area contributed by atoms with Crippen LogP contribution in [0.25, 0.3) is 111 Å². The predicted molar refractivity (Wildman–Crippen MR) is 296 cm³/mol. The van der Waals surface area contributed by atoms with Crippen LogP contribution >= 0.6 is 0 Å². The Bertz CT molecular complexity index is 4480. The third-order valence-electron chi connectivity index (χ3n) is 14.3. The van der Waals surface area contributed by atoms with Gasteiger partial charge in [0.05, 0.1) is 91.1 Å². The molecule has 7 nitrogen and oxygen atoms in total. The van der Waals surface area contributed by atoms with Crippen LogP contribution in [-0.2, 0) is 6.18 Å². The van der Waals surface area contributed by atoms with Gasteiger partial charge in [-0.3, -0.25) is 0 Å². The zero-order valence-electron chi connectivity index (χ0n) is 40.8. The van der Waals surface area contributed by atoms with E-state index in [0.29, 0.717) is 66.8 Å². The molecule has 0 fully saturated rings. The van der Waals surface area contributed by atoms with Gasteiger partial charge in [0.2, 0.25) is 0 Å². The predicted octanol–water partition coefficient (Wildman–Crippen LogP) is 16.9. The lowest BCUT2D eigenvalue weighted by Gasteiger charge is -2.20. The van der Waals surface area contributed by atoms with Crippen LogP contribution in [0, 0.1) is 63.6 Å². The molecule has 0 bridgehead atoms. The summed E-state index contributed by atoms with van der Waals surface area (Å²) in [6, 6.07) is 72.0. The normalized spacial score (nSPS) is 11.3. The number of fused-ring (bicyclic) bond motifs is 6. The zero-order valence-corrected chi connectivity index (χ0v) is 40.8. The summed E-state index contributed by atoms with van der Waals surface area (Å²) in [6.07, 6.45) is -4.70. The first-order valence-electron chi connectivity index (χ1n) is 24.4. The SMILES string of the molecule is Cc1cc(-c2cc(-n3c4cc(-c5cccc(C#N)c5)ccc4c4ccc(-c5cccc(C#N)c5)cc43)c(C#N)cc2-n2c3cc(-c4cccc(C#N)c4)ccc3c3ccc(-c4cccc(C#N)c4)cc32)cc(C(F)(F)F)c1. The van der Waals surface area contributed by atoms with Crippen LogP contribution in [0.2, 0.25) is 0 Å². The Morgan fingerprint density at radius 3 is 1.03 bits per heavy atom. The largest absolute Gasteiger partial charge is 0.416 e. The van der Waals surface area contributed by atoms with Gasteiger partial charge in [-0.15, -0.1) is 0 Å². The van der Waals surface area contributed by atoms with E-state index < -0.39 is 11.7 Å². The maximum Gasteiger partial charge on any atom is 0.416 e. The number of nitrogens with zero attached hydrogens (tertiary/aromatic N) is 7. The lowest BCUT2D eigenvalue weighted by atomic mass is 9.95. The standard InChI is InChI=1S/C67H36F3N7/c1-40-22-53(28-55(23-40)67(68,69)70)60-34-61(76-62-29-49(45-10-2-6-41(24-45)35-71)14-18-56(62)57-19-15-50(30-63(57)76)46-11-3-7-42(25-46)36-72)54(39-75)33-66(60)77-64-31-51(47-12-4-8-43(26-47)37-73)16-20-58(64)59-21-17-52(32-65(59)77)48-13-5-9-44(27-48)38-74/h2-34H,1H3. The van der Waals surface area contributed by atoms with Crippen molar-refractivity contribution >= 4 is 43.6 Å². The molecule has 0 aliphatic carbocycles. The van der Waals surface area contributed by atoms with Crippen LogP contribution in [0.3, 0.4) is 0 Å². The molecule has 12 rings (SSSR count). The van der Waals surface area contributed by atoms with Crippen molar-refractivity contribution in [1.29, 1.82) is 26.3 Å². The second-order valence-electron chi connectivity index (χ2n) is 19.0. The molecule has 10 heteroatoms. The number of hydrogen-bond acceptors (Lipinski definition) is 5. The summed E-state index contributed by atoms with van der Waals surface area (Å²) in [5.74, 6) is 0. The molecule has 360 valence electrons. The minimum atomic E-state index is -4.70. The van der Waals surface area contributed by atoms with Gasteiger partial charge in [0, 0.05) is 27.1 Å². The fraction of sp³-hybridized carbons (Fsp3) is 0.0299. The average Bonchev–Trinajstić information content (AvgIpc) is 4.21. The van der Waals surface area contributed by atoms with E-state index >= 15 is 13.2 Å². The van der Waals surface area contributed by atoms with Gasteiger partial charge >= 0.3 is 6.18 Å². The highest BCUT2D eigenvalue weighted by atomic mass is 19.4. The van der Waals surface area contributed by atoms with E-state index in [1.54, 1.807) is 67.6 Å². The van der Waals surface area contributed by atoms with Crippen LogP contribution in [0.15, 0.2) is 200 Å². The Labute approximate surface area is 439 Å². The lowest BCUT2D eigenvalue weighted by molar-refractivity contribution is -0.137. The molecule has 0 saturated carbocycles. The third-order valence-corrected chi connectivity index (χ3v) is 14.3. The van der Waals surface area contributed by atoms with Crippen molar-refractivity contribution in [1.82, 2.24) is 9.13 Å². The second kappa shape index (κ2) is 18.5. The molecule has 0 aliphatic heterocycles. The molecule has 0 saturated heterocycles. The van der Waals surface area contributed by atoms with Crippen molar-refractivity contribution in [2.45, 2.75) is 13.1 Å². The van der Waals surface area contributed by atoms with Crippen LogP contribution in [0.1, 0.15) is 38.9 Å². The van der Waals surface area contributed by atoms with Gasteiger partial charge in [0.15, 0.2) is 0 Å². The van der Waals surface area contributed by atoms with Gasteiger partial charge in [-0.05, 0) is 160 Å². The molecule has 0 unspecified atom stereocenters. The number of hydrogen-bond donors (Lipinski definition) is 0. The van der Waals surface area contributed by atoms with Crippen molar-refractivity contribution in [2.24, 2.45) is 0 Å². The van der Waals surface area contributed by atoms with Gasteiger partial charge < -0.3 is 9.13 Å². The van der Waals surface area contributed by atoms with Crippen molar-refractivity contribution in [2.75, 3.05) is 0 Å². The van der Waals surface area contributed by atoms with Gasteiger partial charge in [-0.1, -0.05) is 103 Å². The second-order valence-corrected chi connectivity index (χ2v) is 19.0. The van der Waals surface area contributed by atoms with Crippen molar-refractivity contribution in [3.05, 3.63) is 239 Å². The van der Waals surface area contributed by atoms with Crippen LogP contribution < -0.4 is 0 Å². The minimum Gasteiger partial charge on any atom is -0.309 e. The molecule has 10 aromatic carbocycles. The Balaban J connectivity index is 1.22. The quantitative estimate of drug-likeness (QED) is 0.157. The molecule has 2 aromatic heterocycles. The van der Waals surface area contributed by atoms with E-state index in [-0.39, 0.29) is 11.1 Å². The zero-order chi connectivity index (χ0) is 53.1. The highest BCUT2D eigenvalue weighted by molar-refractivity contribution is 6.13. The molecule has 2 heterocycles. The summed E-state index contributed by atoms with van der Waals surface area (Å²) in [4.78, 5) is 0. The summed E-state index contributed by atoms with van der Waals surface area (Å²) >= 11 is 0. The Kier molecular flexibility index (Phi) is 11.3. The van der Waals surface area contributed by atoms with Gasteiger partial charge in [0.1, 0.15) is 6.07 Å². The van der Waals surface area contributed by atoms with Crippen LogP contribution in [-0.4, -0.2) is 9.13 Å². The van der Waals surface area contributed by atoms with Crippen molar-refractivity contribution < 1.29 is 13.2 Å². The number of nitriles is 5. The Morgan fingerprint density at radius 2 is 0.688 bits per heavy atom. The van der Waals surface area contributed by atoms with Crippen LogP contribution in [0.5, 0.6) is 0 Å². The summed E-state index contributed by atoms with van der Waals surface area (Å²) in [5.41, 5.74) is 12.2. The highest BCUT2D eigenvalue weighted by Crippen LogP contribution is 2.45. The van der Waals surface area contributed by atoms with Gasteiger partial charge in [-0.2, -0.15) is 39.5 Å². The molecule has 0 N–H and O–H groups in total. The van der Waals surface area contributed by atoms with Crippen molar-refractivity contribution in [3.63, 3.8) is 0 Å². The fourth-order valence-electron chi connectivity index (χ4n) is 10.7. The number of halogens is 3. The average molecular weight is 996 g/mol. The molecule has 77 heavy (non-hydrogen) atoms. The van der Waals surface area contributed by atoms with Crippen molar-refractivity contribution in [3.8, 4) is 97.4 Å². The maximum absolute atomic E-state index is 15.1. The molecule has 0 radical (unpaired) electrons. The molecule has 12 aromatic rings. The summed E-state index contributed by atoms with van der Waals surface area (Å²) in [7, 11) is 0. The van der Waals surface area contributed by atoms with Gasteiger partial charge in [0.25, 0.3) is 0 Å². The minimum absolute atomic E-state index is 0.214. The third kappa shape index (κ3) is 8.25. The van der Waals surface area contributed by atoms with E-state index in [4.69, 9.17) is 0 Å². The highest BCUT2D eigenvalue weighted by Gasteiger charge is 2.32. The molecular formula is C67H36F3N7. The number of rotatable bonds is 7. The topological polar surface area (TPSA) is 129 Å². The van der Waals surface area contributed by atoms with E-state index in [0.717, 1.165) is 78.2 Å². The summed E-state index contributed by atoms with van der Waals surface area (Å²) in [6.45, 7) is 1.63. The summed E-state index contributed by atoms with van der Waals surface area (Å²) < 4.78 is 49.2. The monoisotopic (exact) mass is 995 g/mol. The fourth-order valence-corrected chi connectivity index (χ4v) is 10.7. The molecule has 0 aliphatic rings. The number of benzene rings is 10. The number of alkyl halides is 3. The van der Waals surface area contributed by atoms with E-state index in [2.05, 4.69) is 30.3 Å². The number of aromatic nitrogens is 2. The van der Waals surface area contributed by atoms with Gasteiger partial charge in [-0.25, -0.2) is 0 Å². The Morgan fingerprint density at radius 1 is 0.338 bits per heavy atom. The Hall–Kier alpha value is -11.0. The molecule has 0 spiro atoms. The molecule has 0 atom stereocenters. The number of aryl methyl sites for hydroxylation is 1. The first-order valence-corrected chi connectivity index (χ1v) is 24.4.